The Bertz CT molecular complexity index is 61.5. The van der Waals surface area contributed by atoms with Crippen LogP contribution < -0.4 is 37.3 Å². The van der Waals surface area contributed by atoms with E-state index in [1.165, 1.54) is 0 Å². The van der Waals surface area contributed by atoms with Gasteiger partial charge in [-0.05, 0) is 0 Å². The van der Waals surface area contributed by atoms with Crippen LogP contribution in [-0.2, 0) is 0 Å². The van der Waals surface area contributed by atoms with Gasteiger partial charge in [-0.2, -0.15) is 0 Å². The molecule has 0 aromatic carbocycles. The molecule has 0 heterocycles. The summed E-state index contributed by atoms with van der Waals surface area (Å²) >= 11 is 0. The average Bonchev–Trinajstić information content (AvgIpc) is 1.76. The highest BCUT2D eigenvalue weighted by Gasteiger charge is 1.80. The van der Waals surface area contributed by atoms with Crippen molar-refractivity contribution in [3.8, 4) is 0 Å². The maximum absolute atomic E-state index is 8.52. The molecule has 0 bridgehead atoms. The van der Waals surface area contributed by atoms with Gasteiger partial charge in [0.1, 0.15) is 0 Å². The Labute approximate surface area is 116 Å². The van der Waals surface area contributed by atoms with Gasteiger partial charge in [0.2, 0.25) is 0 Å². The average molecular weight is 365 g/mol. The van der Waals surface area contributed by atoms with E-state index in [4.69, 9.17) is 55.9 Å². The van der Waals surface area contributed by atoms with Crippen molar-refractivity contribution < 1.29 is 99.0 Å². The molecule has 0 rings (SSSR count). The Balaban J connectivity index is -0.0000000369. The van der Waals surface area contributed by atoms with Gasteiger partial charge in [0.25, 0.3) is 43.1 Å². The van der Waals surface area contributed by atoms with Gasteiger partial charge >= 0.3 is 0 Å². The van der Waals surface area contributed by atoms with Gasteiger partial charge in [-0.1, -0.05) is 0 Å². The highest BCUT2D eigenvalue weighted by molar-refractivity contribution is 5.75. The highest BCUT2D eigenvalue weighted by atomic mass is 35.6. The van der Waals surface area contributed by atoms with E-state index in [2.05, 4.69) is 0 Å². The predicted molar refractivity (Wildman–Crippen MR) is 14.6 cm³/mol. The molecule has 0 aliphatic carbocycles. The Morgan fingerprint density at radius 2 is 0.412 bits per heavy atom. The summed E-state index contributed by atoms with van der Waals surface area (Å²) in [6.45, 7) is 0. The summed E-state index contributed by atoms with van der Waals surface area (Å²) in [5.74, 6) is 0. The van der Waals surface area contributed by atoms with Crippen LogP contribution in [0.25, 0.3) is 0 Å². The fraction of sp³-hybridized carbons (Fsp3) is 0. The van der Waals surface area contributed by atoms with Gasteiger partial charge in [-0.25, -0.2) is 0 Å². The van der Waals surface area contributed by atoms with Crippen LogP contribution in [0.5, 0.6) is 0 Å². The third kappa shape index (κ3) is 2710. The fourth-order valence-electron chi connectivity index (χ4n) is 0. The molecule has 17 heavy (non-hydrogen) atoms. The van der Waals surface area contributed by atoms with E-state index in [1.54, 1.807) is 0 Å². The van der Waals surface area contributed by atoms with Crippen LogP contribution in [0.4, 0.5) is 0 Å². The molecule has 4 N–H and O–H groups in total. The Morgan fingerprint density at radius 1 is 0.412 bits per heavy atom. The highest BCUT2D eigenvalue weighted by Crippen LogP contribution is 1.39. The second-order valence-corrected chi connectivity index (χ2v) is 2.41. The third-order valence-electron chi connectivity index (χ3n) is 0. The summed E-state index contributed by atoms with van der Waals surface area (Å²) in [4.78, 5) is 0. The Morgan fingerprint density at radius 3 is 0.412 bits per heavy atom. The smallest absolute Gasteiger partial charge is 0.282 e. The normalized spacial score (nSPS) is 8.47. The van der Waals surface area contributed by atoms with E-state index >= 15 is 0 Å². The molecule has 0 aliphatic rings. The molecule has 0 aliphatic heterocycles. The van der Waals surface area contributed by atoms with Crippen molar-refractivity contribution in [2.75, 3.05) is 0 Å². The van der Waals surface area contributed by atoms with E-state index in [0.29, 0.717) is 0 Å². The van der Waals surface area contributed by atoms with Crippen LogP contribution in [0, 0.1) is 43.1 Å². The van der Waals surface area contributed by atoms with Gasteiger partial charge in [-0.15, -0.1) is 0 Å². The van der Waals surface area contributed by atoms with Gasteiger partial charge in [-0.3, -0.25) is 0 Å². The molecule has 0 amide bonds. The summed E-state index contributed by atoms with van der Waals surface area (Å²) in [6, 6.07) is 0. The molecule has 0 aromatic rings. The lowest BCUT2D eigenvalue weighted by Crippen LogP contribution is -2.30. The van der Waals surface area contributed by atoms with Crippen LogP contribution in [-0.4, -0.2) is 36.0 Å². The summed E-state index contributed by atoms with van der Waals surface area (Å²) in [5.41, 5.74) is 0. The van der Waals surface area contributed by atoms with Crippen molar-refractivity contribution in [3.63, 3.8) is 0 Å². The van der Waals surface area contributed by atoms with Crippen molar-refractivity contribution in [2.45, 2.75) is 0 Å². The van der Waals surface area contributed by atoms with Crippen molar-refractivity contribution >= 4 is 17.4 Å². The number of hydrogen-bond acceptors (Lipinski definition) is 12. The van der Waals surface area contributed by atoms with E-state index in [0.717, 1.165) is 0 Å². The van der Waals surface area contributed by atoms with E-state index < -0.39 is 43.1 Å². The van der Waals surface area contributed by atoms with Gasteiger partial charge in [0, 0.05) is 36.0 Å². The zero-order valence-electron chi connectivity index (χ0n) is 7.14. The molecule has 17 heteroatoms. The summed E-state index contributed by atoms with van der Waals surface area (Å²) in [7, 11) is -10.4. The number of hydrogen-bond donors (Lipinski definition) is 4. The molecule has 0 saturated heterocycles. The zero-order chi connectivity index (χ0) is 14.3. The van der Waals surface area contributed by atoms with Gasteiger partial charge in [0.05, 0.1) is 0 Å². The quantitative estimate of drug-likeness (QED) is 0.291. The zero-order valence-corrected chi connectivity index (χ0v) is 11.3. The van der Waals surface area contributed by atoms with Gasteiger partial charge < -0.3 is 37.3 Å². The SMILES string of the molecule is [Al].[O-][Cl+2]([O-])O.[O-][Cl+2]([O-])O.[O-][Cl+2]([O-])O.[O-][Cl+2]([O-])O. The van der Waals surface area contributed by atoms with Crippen molar-refractivity contribution in [2.24, 2.45) is 0 Å². The van der Waals surface area contributed by atoms with Crippen LogP contribution in [0.1, 0.15) is 0 Å². The monoisotopic (exact) mass is 363 g/mol. The van der Waals surface area contributed by atoms with E-state index in [-0.39, 0.29) is 17.4 Å². The fourth-order valence-corrected chi connectivity index (χ4v) is 0. The molecule has 0 aromatic heterocycles. The van der Waals surface area contributed by atoms with Crippen LogP contribution >= 0.6 is 0 Å². The predicted octanol–water partition coefficient (Wildman–Crippen LogP) is -12.1. The summed E-state index contributed by atoms with van der Waals surface area (Å²) < 4.78 is 95.9. The number of halogens is 4. The first kappa shape index (κ1) is 30.9. The minimum Gasteiger partial charge on any atom is -0.321 e. The molecule has 107 valence electrons. The van der Waals surface area contributed by atoms with Crippen LogP contribution in [0.3, 0.4) is 0 Å². The van der Waals surface area contributed by atoms with Crippen molar-refractivity contribution in [3.05, 3.63) is 0 Å². The molecular weight excluding hydrogens is 361 g/mol. The molecule has 3 radical (unpaired) electrons. The molecule has 0 atom stereocenters. The molecule has 0 unspecified atom stereocenters. The molecule has 12 nitrogen and oxygen atoms in total. The second kappa shape index (κ2) is 25.9. The molecule has 0 spiro atoms. The number of rotatable bonds is 0. The second-order valence-electron chi connectivity index (χ2n) is 0.804. The minimum atomic E-state index is -2.60. The first-order valence-electron chi connectivity index (χ1n) is 1.91. The lowest BCUT2D eigenvalue weighted by atomic mass is 15.8. The van der Waals surface area contributed by atoms with Crippen LogP contribution in [0.15, 0.2) is 0 Å². The maximum Gasteiger partial charge on any atom is 0.282 e. The van der Waals surface area contributed by atoms with E-state index in [9.17, 15) is 0 Å². The minimum absolute atomic E-state index is 0. The standard InChI is InChI=1S/Al.4ClHO3/c;4*2-1(3)4/h;4*2H. The topological polar surface area (TPSA) is 265 Å². The van der Waals surface area contributed by atoms with Gasteiger partial charge in [0.15, 0.2) is 0 Å². The molecule has 0 fully saturated rings. The first-order chi connectivity index (χ1) is 6.93. The van der Waals surface area contributed by atoms with Crippen molar-refractivity contribution in [1.29, 1.82) is 0 Å². The molecular formula is H4AlCl4O12. The van der Waals surface area contributed by atoms with Crippen LogP contribution in [0.2, 0.25) is 0 Å². The van der Waals surface area contributed by atoms with E-state index in [1.807, 2.05) is 0 Å². The first-order valence-corrected chi connectivity index (χ1v) is 5.73. The summed E-state index contributed by atoms with van der Waals surface area (Å²) in [5, 5.41) is 0. The molecule has 0 saturated carbocycles. The summed E-state index contributed by atoms with van der Waals surface area (Å²) in [6.07, 6.45) is 0. The lowest BCUT2D eigenvalue weighted by Gasteiger charge is -1.72. The Kier molecular flexibility index (Phi) is 47.1. The Hall–Kier alpha value is 1.21. The lowest BCUT2D eigenvalue weighted by molar-refractivity contribution is -1.63. The third-order valence-corrected chi connectivity index (χ3v) is 0. The van der Waals surface area contributed by atoms with Crippen molar-refractivity contribution in [1.82, 2.24) is 0 Å². The maximum atomic E-state index is 8.52. The largest absolute Gasteiger partial charge is 0.321 e.